The zero-order valence-corrected chi connectivity index (χ0v) is 11.9. The number of Topliss-reactive ketones (excluding diaryl/α,β-unsaturated/α-hetero) is 1. The smallest absolute Gasteiger partial charge is 0.223 e. The predicted molar refractivity (Wildman–Crippen MR) is 74.9 cm³/mol. The molecule has 1 fully saturated rings. The maximum absolute atomic E-state index is 12.2. The van der Waals surface area contributed by atoms with Gasteiger partial charge in [-0.15, -0.1) is 0 Å². The van der Waals surface area contributed by atoms with Crippen LogP contribution in [0.3, 0.4) is 0 Å². The zero-order valence-electron chi connectivity index (χ0n) is 11.9. The Labute approximate surface area is 114 Å². The topological polar surface area (TPSA) is 37.4 Å². The van der Waals surface area contributed by atoms with Gasteiger partial charge in [-0.05, 0) is 32.8 Å². The highest BCUT2D eigenvalue weighted by atomic mass is 16.2. The van der Waals surface area contributed by atoms with Gasteiger partial charge in [-0.1, -0.05) is 29.8 Å². The molecule has 19 heavy (non-hydrogen) atoms. The molecule has 0 bridgehead atoms. The largest absolute Gasteiger partial charge is 0.330 e. The van der Waals surface area contributed by atoms with Crippen LogP contribution in [0.15, 0.2) is 24.3 Å². The van der Waals surface area contributed by atoms with Crippen molar-refractivity contribution in [3.05, 3.63) is 35.4 Å². The van der Waals surface area contributed by atoms with Crippen LogP contribution in [0.25, 0.3) is 0 Å². The van der Waals surface area contributed by atoms with E-state index in [2.05, 4.69) is 24.3 Å². The molecular weight excluding hydrogens is 238 g/mol. The fourth-order valence-corrected chi connectivity index (χ4v) is 2.53. The van der Waals surface area contributed by atoms with Crippen LogP contribution in [0.1, 0.15) is 37.8 Å². The summed E-state index contributed by atoms with van der Waals surface area (Å²) < 4.78 is 0. The molecule has 0 N–H and O–H groups in total. The Kier molecular flexibility index (Phi) is 3.74. The van der Waals surface area contributed by atoms with Gasteiger partial charge in [-0.3, -0.25) is 9.59 Å². The second-order valence-electron chi connectivity index (χ2n) is 5.76. The van der Waals surface area contributed by atoms with Crippen LogP contribution in [-0.4, -0.2) is 28.7 Å². The third-order valence-corrected chi connectivity index (χ3v) is 3.97. The highest BCUT2D eigenvalue weighted by Gasteiger charge is 2.42. The Hall–Kier alpha value is -1.64. The van der Waals surface area contributed by atoms with Crippen molar-refractivity contribution < 1.29 is 9.59 Å². The fraction of sp³-hybridized carbons (Fsp3) is 0.500. The predicted octanol–water partition coefficient (Wildman–Crippen LogP) is 2.51. The van der Waals surface area contributed by atoms with Gasteiger partial charge in [0.2, 0.25) is 5.91 Å². The van der Waals surface area contributed by atoms with Gasteiger partial charge in [-0.2, -0.15) is 0 Å². The molecule has 3 heteroatoms. The van der Waals surface area contributed by atoms with E-state index in [1.165, 1.54) is 11.1 Å². The highest BCUT2D eigenvalue weighted by Crippen LogP contribution is 2.26. The van der Waals surface area contributed by atoms with Crippen molar-refractivity contribution in [2.45, 2.75) is 45.6 Å². The number of amides is 1. The SMILES string of the molecule is Cc1ccc(CCC(=O)N2CCC(=O)C2(C)C)cc1. The van der Waals surface area contributed by atoms with E-state index in [4.69, 9.17) is 0 Å². The van der Waals surface area contributed by atoms with Gasteiger partial charge < -0.3 is 4.90 Å². The van der Waals surface area contributed by atoms with Crippen LogP contribution < -0.4 is 0 Å². The summed E-state index contributed by atoms with van der Waals surface area (Å²) in [5, 5.41) is 0. The summed E-state index contributed by atoms with van der Waals surface area (Å²) in [6.07, 6.45) is 1.70. The van der Waals surface area contributed by atoms with Crippen molar-refractivity contribution in [1.82, 2.24) is 4.90 Å². The van der Waals surface area contributed by atoms with Crippen LogP contribution in [-0.2, 0) is 16.0 Å². The standard InChI is InChI=1S/C16H21NO2/c1-12-4-6-13(7-5-12)8-9-15(19)17-11-10-14(18)16(17,2)3/h4-7H,8-11H2,1-3H3. The number of rotatable bonds is 3. The maximum atomic E-state index is 12.2. The lowest BCUT2D eigenvalue weighted by molar-refractivity contribution is -0.138. The van der Waals surface area contributed by atoms with Gasteiger partial charge >= 0.3 is 0 Å². The lowest BCUT2D eigenvalue weighted by Gasteiger charge is -2.30. The van der Waals surface area contributed by atoms with Crippen molar-refractivity contribution in [1.29, 1.82) is 0 Å². The monoisotopic (exact) mass is 259 g/mol. The van der Waals surface area contributed by atoms with Crippen LogP contribution in [0.4, 0.5) is 0 Å². The zero-order chi connectivity index (χ0) is 14.0. The van der Waals surface area contributed by atoms with Gasteiger partial charge in [-0.25, -0.2) is 0 Å². The summed E-state index contributed by atoms with van der Waals surface area (Å²) in [6.45, 7) is 6.30. The molecule has 1 heterocycles. The third-order valence-electron chi connectivity index (χ3n) is 3.97. The minimum atomic E-state index is -0.621. The van der Waals surface area contributed by atoms with Crippen LogP contribution >= 0.6 is 0 Å². The van der Waals surface area contributed by atoms with Crippen molar-refractivity contribution in [2.24, 2.45) is 0 Å². The molecule has 1 amide bonds. The molecule has 1 aliphatic rings. The number of carbonyl (C=O) groups is 2. The van der Waals surface area contributed by atoms with E-state index in [9.17, 15) is 9.59 Å². The number of carbonyl (C=O) groups excluding carboxylic acids is 2. The van der Waals surface area contributed by atoms with Crippen molar-refractivity contribution >= 4 is 11.7 Å². The van der Waals surface area contributed by atoms with E-state index in [1.54, 1.807) is 4.90 Å². The van der Waals surface area contributed by atoms with E-state index in [0.717, 1.165) is 6.42 Å². The normalized spacial score (nSPS) is 17.8. The van der Waals surface area contributed by atoms with Crippen molar-refractivity contribution in [3.63, 3.8) is 0 Å². The third kappa shape index (κ3) is 2.86. The molecule has 102 valence electrons. The van der Waals surface area contributed by atoms with E-state index in [-0.39, 0.29) is 11.7 Å². The van der Waals surface area contributed by atoms with Gasteiger partial charge in [0.15, 0.2) is 5.78 Å². The lowest BCUT2D eigenvalue weighted by Crippen LogP contribution is -2.46. The van der Waals surface area contributed by atoms with Gasteiger partial charge in [0.25, 0.3) is 0 Å². The molecule has 0 radical (unpaired) electrons. The average Bonchev–Trinajstić information content (AvgIpc) is 2.63. The van der Waals surface area contributed by atoms with E-state index >= 15 is 0 Å². The van der Waals surface area contributed by atoms with Gasteiger partial charge in [0, 0.05) is 19.4 Å². The maximum Gasteiger partial charge on any atom is 0.223 e. The molecule has 2 rings (SSSR count). The second kappa shape index (κ2) is 5.16. The van der Waals surface area contributed by atoms with Crippen LogP contribution in [0.2, 0.25) is 0 Å². The quantitative estimate of drug-likeness (QED) is 0.836. The summed E-state index contributed by atoms with van der Waals surface area (Å²) in [6, 6.07) is 8.23. The molecule has 0 saturated carbocycles. The molecule has 1 aromatic rings. The molecule has 0 aliphatic carbocycles. The number of ketones is 1. The molecule has 3 nitrogen and oxygen atoms in total. The van der Waals surface area contributed by atoms with Crippen molar-refractivity contribution in [2.75, 3.05) is 6.54 Å². The highest BCUT2D eigenvalue weighted by molar-refractivity contribution is 5.95. The number of likely N-dealkylation sites (tertiary alicyclic amines) is 1. The molecule has 1 aromatic carbocycles. The Morgan fingerprint density at radius 2 is 1.89 bits per heavy atom. The minimum absolute atomic E-state index is 0.0800. The Morgan fingerprint density at radius 1 is 1.26 bits per heavy atom. The minimum Gasteiger partial charge on any atom is -0.330 e. The van der Waals surface area contributed by atoms with E-state index in [0.29, 0.717) is 19.4 Å². The van der Waals surface area contributed by atoms with Crippen LogP contribution in [0.5, 0.6) is 0 Å². The summed E-state index contributed by atoms with van der Waals surface area (Å²) >= 11 is 0. The number of hydrogen-bond donors (Lipinski definition) is 0. The molecule has 0 atom stereocenters. The molecule has 1 saturated heterocycles. The first kappa shape index (κ1) is 13.8. The number of nitrogens with zero attached hydrogens (tertiary/aromatic N) is 1. The second-order valence-corrected chi connectivity index (χ2v) is 5.76. The molecule has 0 spiro atoms. The first-order valence-corrected chi connectivity index (χ1v) is 6.80. The van der Waals surface area contributed by atoms with Gasteiger partial charge in [0.1, 0.15) is 0 Å². The van der Waals surface area contributed by atoms with E-state index in [1.807, 2.05) is 20.8 Å². The number of aryl methyl sites for hydroxylation is 2. The number of benzene rings is 1. The van der Waals surface area contributed by atoms with Crippen molar-refractivity contribution in [3.8, 4) is 0 Å². The average molecular weight is 259 g/mol. The molecular formula is C16H21NO2. The Bertz CT molecular complexity index is 488. The summed E-state index contributed by atoms with van der Waals surface area (Å²) in [4.78, 5) is 25.7. The molecule has 0 unspecified atom stereocenters. The molecule has 0 aromatic heterocycles. The summed E-state index contributed by atoms with van der Waals surface area (Å²) in [5.41, 5.74) is 1.77. The fourth-order valence-electron chi connectivity index (χ4n) is 2.53. The van der Waals surface area contributed by atoms with E-state index < -0.39 is 5.54 Å². The van der Waals surface area contributed by atoms with Crippen LogP contribution in [0, 0.1) is 6.92 Å². The first-order valence-electron chi connectivity index (χ1n) is 6.80. The lowest BCUT2D eigenvalue weighted by atomic mass is 10.00. The van der Waals surface area contributed by atoms with Gasteiger partial charge in [0.05, 0.1) is 5.54 Å². The summed E-state index contributed by atoms with van der Waals surface area (Å²) in [7, 11) is 0. The first-order chi connectivity index (χ1) is 8.91. The Morgan fingerprint density at radius 3 is 2.42 bits per heavy atom. The summed E-state index contributed by atoms with van der Waals surface area (Å²) in [5.74, 6) is 0.243. The number of hydrogen-bond acceptors (Lipinski definition) is 2. The molecule has 1 aliphatic heterocycles. The Balaban J connectivity index is 1.95.